The van der Waals surface area contributed by atoms with Gasteiger partial charge in [-0.25, -0.2) is 4.98 Å². The first-order chi connectivity index (χ1) is 17.0. The molecule has 0 saturated carbocycles. The number of amides is 1. The van der Waals surface area contributed by atoms with Crippen LogP contribution < -0.4 is 10.6 Å². The van der Waals surface area contributed by atoms with Gasteiger partial charge in [-0.2, -0.15) is 9.61 Å². The average molecular weight is 567 g/mol. The molecule has 2 aromatic heterocycles. The Labute approximate surface area is 220 Å². The molecule has 0 aliphatic carbocycles. The Balaban J connectivity index is 1.39. The molecule has 5 rings (SSSR count). The Morgan fingerprint density at radius 2 is 1.71 bits per heavy atom. The normalized spacial score (nSPS) is 10.9. The van der Waals surface area contributed by atoms with Gasteiger partial charge >= 0.3 is 0 Å². The van der Waals surface area contributed by atoms with Crippen LogP contribution in [0.15, 0.2) is 89.5 Å². The second-order valence-corrected chi connectivity index (χ2v) is 9.39. The maximum absolute atomic E-state index is 12.6. The molecule has 6 nitrogen and oxygen atoms in total. The number of halogens is 3. The van der Waals surface area contributed by atoms with Crippen molar-refractivity contribution in [1.29, 1.82) is 0 Å². The highest BCUT2D eigenvalue weighted by Gasteiger charge is 2.14. The summed E-state index contributed by atoms with van der Waals surface area (Å²) in [6.07, 6.45) is 1.70. The number of benzene rings is 3. The number of nitrogens with zero attached hydrogens (tertiary/aromatic N) is 3. The van der Waals surface area contributed by atoms with Gasteiger partial charge in [-0.05, 0) is 51.8 Å². The zero-order valence-electron chi connectivity index (χ0n) is 18.2. The van der Waals surface area contributed by atoms with Gasteiger partial charge in [-0.15, -0.1) is 0 Å². The first-order valence-corrected chi connectivity index (χ1v) is 12.2. The van der Waals surface area contributed by atoms with Crippen molar-refractivity contribution < 1.29 is 4.79 Å². The average Bonchev–Trinajstić information content (AvgIpc) is 3.24. The molecule has 5 aromatic rings. The molecule has 3 aromatic carbocycles. The molecule has 35 heavy (non-hydrogen) atoms. The Morgan fingerprint density at radius 3 is 2.51 bits per heavy atom. The highest BCUT2D eigenvalue weighted by molar-refractivity contribution is 9.10. The maximum Gasteiger partial charge on any atom is 0.257 e. The maximum atomic E-state index is 12.6. The molecule has 0 aliphatic heterocycles. The van der Waals surface area contributed by atoms with Crippen molar-refractivity contribution in [3.05, 3.63) is 111 Å². The molecule has 0 atom stereocenters. The Hall–Kier alpha value is -3.39. The molecule has 0 bridgehead atoms. The van der Waals surface area contributed by atoms with Gasteiger partial charge in [0.15, 0.2) is 5.65 Å². The molecule has 9 heteroatoms. The summed E-state index contributed by atoms with van der Waals surface area (Å²) in [6.45, 7) is 0.494. The van der Waals surface area contributed by atoms with Crippen LogP contribution in [0.3, 0.4) is 0 Å². The summed E-state index contributed by atoms with van der Waals surface area (Å²) < 4.78 is 2.51. The van der Waals surface area contributed by atoms with Crippen LogP contribution in [0.2, 0.25) is 10.0 Å². The fraction of sp³-hybridized carbons (Fsp3) is 0.0385. The molecule has 0 aliphatic rings. The van der Waals surface area contributed by atoms with E-state index in [1.807, 2.05) is 54.6 Å². The SMILES string of the molecule is O=C(Nc1cccc(CNc2cc(-c3ccccc3Cl)nc3c(Br)cnn23)c1)c1ccccc1Cl. The number of carbonyl (C=O) groups excluding carboxylic acids is 1. The minimum atomic E-state index is -0.262. The van der Waals surface area contributed by atoms with Gasteiger partial charge in [0.1, 0.15) is 5.82 Å². The number of rotatable bonds is 6. The van der Waals surface area contributed by atoms with Crippen LogP contribution in [0.25, 0.3) is 16.9 Å². The molecule has 174 valence electrons. The van der Waals surface area contributed by atoms with Crippen LogP contribution in [-0.2, 0) is 6.54 Å². The Kier molecular flexibility index (Phi) is 6.72. The van der Waals surface area contributed by atoms with Crippen molar-refractivity contribution in [2.75, 3.05) is 10.6 Å². The van der Waals surface area contributed by atoms with Gasteiger partial charge in [-0.3, -0.25) is 4.79 Å². The summed E-state index contributed by atoms with van der Waals surface area (Å²) >= 11 is 16.1. The summed E-state index contributed by atoms with van der Waals surface area (Å²) in [5.41, 5.74) is 4.30. The fourth-order valence-corrected chi connectivity index (χ4v) is 4.47. The quantitative estimate of drug-likeness (QED) is 0.226. The zero-order valence-corrected chi connectivity index (χ0v) is 21.3. The topological polar surface area (TPSA) is 71.3 Å². The number of nitrogens with one attached hydrogen (secondary N) is 2. The number of anilines is 2. The molecule has 2 heterocycles. The monoisotopic (exact) mass is 565 g/mol. The second-order valence-electron chi connectivity index (χ2n) is 7.72. The lowest BCUT2D eigenvalue weighted by atomic mass is 10.1. The lowest BCUT2D eigenvalue weighted by Gasteiger charge is -2.13. The van der Waals surface area contributed by atoms with Crippen molar-refractivity contribution in [2.24, 2.45) is 0 Å². The minimum Gasteiger partial charge on any atom is -0.366 e. The molecule has 0 saturated heterocycles. The van der Waals surface area contributed by atoms with Crippen LogP contribution >= 0.6 is 39.1 Å². The van der Waals surface area contributed by atoms with Crippen molar-refractivity contribution in [3.8, 4) is 11.3 Å². The summed E-state index contributed by atoms with van der Waals surface area (Å²) in [4.78, 5) is 17.4. The van der Waals surface area contributed by atoms with Gasteiger partial charge < -0.3 is 10.6 Å². The van der Waals surface area contributed by atoms with Crippen LogP contribution in [-0.4, -0.2) is 20.5 Å². The third-order valence-corrected chi connectivity index (χ3v) is 6.57. The van der Waals surface area contributed by atoms with E-state index < -0.39 is 0 Å². The molecule has 0 radical (unpaired) electrons. The molecular weight excluding hydrogens is 549 g/mol. The summed E-state index contributed by atoms with van der Waals surface area (Å²) in [7, 11) is 0. The number of hydrogen-bond donors (Lipinski definition) is 2. The van der Waals surface area contributed by atoms with Gasteiger partial charge in [-0.1, -0.05) is 65.7 Å². The van der Waals surface area contributed by atoms with Crippen molar-refractivity contribution in [1.82, 2.24) is 14.6 Å². The lowest BCUT2D eigenvalue weighted by molar-refractivity contribution is 0.102. The van der Waals surface area contributed by atoms with E-state index >= 15 is 0 Å². The van der Waals surface area contributed by atoms with E-state index in [4.69, 9.17) is 28.2 Å². The van der Waals surface area contributed by atoms with Gasteiger partial charge in [0.25, 0.3) is 5.91 Å². The zero-order chi connectivity index (χ0) is 24.4. The van der Waals surface area contributed by atoms with Crippen LogP contribution in [0.1, 0.15) is 15.9 Å². The van der Waals surface area contributed by atoms with Gasteiger partial charge in [0.05, 0.1) is 26.9 Å². The van der Waals surface area contributed by atoms with Crippen LogP contribution in [0, 0.1) is 0 Å². The predicted octanol–water partition coefficient (Wildman–Crippen LogP) is 7.33. The summed E-state index contributed by atoms with van der Waals surface area (Å²) in [5, 5.41) is 11.8. The van der Waals surface area contributed by atoms with E-state index in [0.29, 0.717) is 33.5 Å². The van der Waals surface area contributed by atoms with Crippen molar-refractivity contribution >= 4 is 62.2 Å². The molecular formula is C26H18BrCl2N5O. The molecule has 0 unspecified atom stereocenters. The smallest absolute Gasteiger partial charge is 0.257 e. The third-order valence-electron chi connectivity index (χ3n) is 5.36. The molecule has 0 fully saturated rings. The predicted molar refractivity (Wildman–Crippen MR) is 144 cm³/mol. The molecule has 0 spiro atoms. The van der Waals surface area contributed by atoms with Crippen LogP contribution in [0.5, 0.6) is 0 Å². The largest absolute Gasteiger partial charge is 0.366 e. The minimum absolute atomic E-state index is 0.262. The Morgan fingerprint density at radius 1 is 0.943 bits per heavy atom. The fourth-order valence-electron chi connectivity index (χ4n) is 3.66. The van der Waals surface area contributed by atoms with Crippen molar-refractivity contribution in [3.63, 3.8) is 0 Å². The summed E-state index contributed by atoms with van der Waals surface area (Å²) in [6, 6.07) is 24.1. The standard InChI is InChI=1S/C26H18BrCl2N5O/c27-20-15-31-34-24(13-23(33-25(20)34)18-8-1-3-10-21(18)28)30-14-16-6-5-7-17(12-16)32-26(35)19-9-2-4-11-22(19)29/h1-13,15,30H,14H2,(H,32,35). The van der Waals surface area contributed by atoms with E-state index in [0.717, 1.165) is 27.1 Å². The highest BCUT2D eigenvalue weighted by Crippen LogP contribution is 2.30. The van der Waals surface area contributed by atoms with E-state index in [2.05, 4.69) is 31.7 Å². The first-order valence-electron chi connectivity index (χ1n) is 10.7. The number of carbonyl (C=O) groups is 1. The molecule has 1 amide bonds. The van der Waals surface area contributed by atoms with Crippen LogP contribution in [0.4, 0.5) is 11.5 Å². The third kappa shape index (κ3) is 5.03. The number of fused-ring (bicyclic) bond motifs is 1. The van der Waals surface area contributed by atoms with Gasteiger partial charge in [0.2, 0.25) is 0 Å². The summed E-state index contributed by atoms with van der Waals surface area (Å²) in [5.74, 6) is 0.489. The highest BCUT2D eigenvalue weighted by atomic mass is 79.9. The van der Waals surface area contributed by atoms with E-state index in [-0.39, 0.29) is 5.91 Å². The van der Waals surface area contributed by atoms with Crippen molar-refractivity contribution in [2.45, 2.75) is 6.54 Å². The lowest BCUT2D eigenvalue weighted by Crippen LogP contribution is -2.13. The van der Waals surface area contributed by atoms with E-state index in [1.165, 1.54) is 0 Å². The van der Waals surface area contributed by atoms with E-state index in [1.54, 1.807) is 35.0 Å². The number of aromatic nitrogens is 3. The van der Waals surface area contributed by atoms with E-state index in [9.17, 15) is 4.79 Å². The Bertz CT molecular complexity index is 1550. The molecule has 2 N–H and O–H groups in total. The number of hydrogen-bond acceptors (Lipinski definition) is 4. The van der Waals surface area contributed by atoms with Gasteiger partial charge in [0, 0.05) is 28.9 Å². The second kappa shape index (κ2) is 10.1. The first kappa shape index (κ1) is 23.4.